The zero-order chi connectivity index (χ0) is 15.3. The fraction of sp³-hybridized carbons (Fsp3) is 0.500. The average Bonchev–Trinajstić information content (AvgIpc) is 2.97. The van der Waals surface area contributed by atoms with E-state index in [0.29, 0.717) is 23.6 Å². The second-order valence-electron chi connectivity index (χ2n) is 5.12. The summed E-state index contributed by atoms with van der Waals surface area (Å²) in [6.07, 6.45) is 3.49. The highest BCUT2D eigenvalue weighted by molar-refractivity contribution is 5.97. The second kappa shape index (κ2) is 6.59. The molecule has 1 amide bonds. The van der Waals surface area contributed by atoms with Crippen molar-refractivity contribution in [1.82, 2.24) is 0 Å². The molecule has 1 saturated carbocycles. The van der Waals surface area contributed by atoms with Crippen molar-refractivity contribution in [2.45, 2.75) is 38.2 Å². The fourth-order valence-electron chi connectivity index (χ4n) is 2.78. The molecule has 5 heteroatoms. The Morgan fingerprint density at radius 2 is 2.14 bits per heavy atom. The van der Waals surface area contributed by atoms with Crippen molar-refractivity contribution in [2.24, 2.45) is 0 Å². The normalized spacial score (nSPS) is 16.2. The summed E-state index contributed by atoms with van der Waals surface area (Å²) in [5, 5.41) is 12.0. The van der Waals surface area contributed by atoms with Crippen LogP contribution in [-0.4, -0.2) is 25.2 Å². The van der Waals surface area contributed by atoms with Crippen LogP contribution in [0.4, 0.5) is 5.69 Å². The molecule has 0 atom stereocenters. The maximum Gasteiger partial charge on any atom is 0.256 e. The molecule has 1 aliphatic rings. The van der Waals surface area contributed by atoms with Gasteiger partial charge in [-0.05, 0) is 50.8 Å². The van der Waals surface area contributed by atoms with Crippen molar-refractivity contribution >= 4 is 11.6 Å². The number of nitrogens with one attached hydrogen (secondary N) is 1. The number of anilines is 1. The summed E-state index contributed by atoms with van der Waals surface area (Å²) in [4.78, 5) is 12.5. The summed E-state index contributed by atoms with van der Waals surface area (Å²) in [6, 6.07) is 7.08. The molecule has 0 aliphatic heterocycles. The van der Waals surface area contributed by atoms with E-state index in [1.807, 2.05) is 6.92 Å². The van der Waals surface area contributed by atoms with Gasteiger partial charge in [0.15, 0.2) is 0 Å². The van der Waals surface area contributed by atoms with E-state index in [2.05, 4.69) is 11.4 Å². The average molecular weight is 288 g/mol. The minimum atomic E-state index is -0.721. The Morgan fingerprint density at radius 3 is 2.71 bits per heavy atom. The van der Waals surface area contributed by atoms with Crippen molar-refractivity contribution < 1.29 is 14.3 Å². The van der Waals surface area contributed by atoms with Crippen molar-refractivity contribution in [3.05, 3.63) is 23.8 Å². The van der Waals surface area contributed by atoms with Gasteiger partial charge in [-0.2, -0.15) is 5.26 Å². The predicted molar refractivity (Wildman–Crippen MR) is 79.2 cm³/mol. The maximum atomic E-state index is 12.5. The van der Waals surface area contributed by atoms with Crippen molar-refractivity contribution in [3.8, 4) is 11.8 Å². The third-order valence-corrected chi connectivity index (χ3v) is 3.82. The predicted octanol–water partition coefficient (Wildman–Crippen LogP) is 2.85. The SMILES string of the molecule is CCOC1(C(=O)Nc2ccc(OC)c(C#N)c2)CCCC1. The lowest BCUT2D eigenvalue weighted by Crippen LogP contribution is -2.43. The summed E-state index contributed by atoms with van der Waals surface area (Å²) in [5.74, 6) is 0.367. The highest BCUT2D eigenvalue weighted by Gasteiger charge is 2.41. The van der Waals surface area contributed by atoms with E-state index in [1.165, 1.54) is 7.11 Å². The zero-order valence-electron chi connectivity index (χ0n) is 12.4. The Morgan fingerprint density at radius 1 is 1.43 bits per heavy atom. The van der Waals surface area contributed by atoms with Gasteiger partial charge in [0, 0.05) is 12.3 Å². The first-order valence-corrected chi connectivity index (χ1v) is 7.19. The lowest BCUT2D eigenvalue weighted by Gasteiger charge is -2.27. The lowest BCUT2D eigenvalue weighted by molar-refractivity contribution is -0.140. The van der Waals surface area contributed by atoms with Gasteiger partial charge in [-0.1, -0.05) is 0 Å². The minimum absolute atomic E-state index is 0.129. The quantitative estimate of drug-likeness (QED) is 0.904. The summed E-state index contributed by atoms with van der Waals surface area (Å²) in [5.41, 5.74) is 0.261. The summed E-state index contributed by atoms with van der Waals surface area (Å²) in [7, 11) is 1.51. The van der Waals surface area contributed by atoms with Gasteiger partial charge in [0.2, 0.25) is 0 Å². The van der Waals surface area contributed by atoms with Crippen molar-refractivity contribution in [1.29, 1.82) is 5.26 Å². The minimum Gasteiger partial charge on any atom is -0.495 e. The van der Waals surface area contributed by atoms with Crippen LogP contribution in [-0.2, 0) is 9.53 Å². The summed E-state index contributed by atoms with van der Waals surface area (Å²) < 4.78 is 10.8. The van der Waals surface area contributed by atoms with Gasteiger partial charge in [-0.25, -0.2) is 0 Å². The number of nitriles is 1. The van der Waals surface area contributed by atoms with E-state index < -0.39 is 5.60 Å². The summed E-state index contributed by atoms with van der Waals surface area (Å²) in [6.45, 7) is 2.41. The van der Waals surface area contributed by atoms with Gasteiger partial charge >= 0.3 is 0 Å². The van der Waals surface area contributed by atoms with Crippen LogP contribution < -0.4 is 10.1 Å². The Hall–Kier alpha value is -2.06. The number of amides is 1. The second-order valence-corrected chi connectivity index (χ2v) is 5.12. The van der Waals surface area contributed by atoms with Gasteiger partial charge in [-0.15, -0.1) is 0 Å². The van der Waals surface area contributed by atoms with E-state index in [1.54, 1.807) is 18.2 Å². The van der Waals surface area contributed by atoms with E-state index in [9.17, 15) is 4.79 Å². The fourth-order valence-corrected chi connectivity index (χ4v) is 2.78. The molecule has 0 bridgehead atoms. The molecule has 0 radical (unpaired) electrons. The third kappa shape index (κ3) is 3.17. The highest BCUT2D eigenvalue weighted by atomic mass is 16.5. The smallest absolute Gasteiger partial charge is 0.256 e. The molecule has 1 aromatic carbocycles. The van der Waals surface area contributed by atoms with E-state index in [4.69, 9.17) is 14.7 Å². The molecule has 1 aliphatic carbocycles. The van der Waals surface area contributed by atoms with Crippen LogP contribution in [0.2, 0.25) is 0 Å². The Kier molecular flexibility index (Phi) is 4.81. The van der Waals surface area contributed by atoms with Gasteiger partial charge < -0.3 is 14.8 Å². The molecule has 2 rings (SSSR count). The molecule has 0 unspecified atom stereocenters. The van der Waals surface area contributed by atoms with Crippen LogP contribution in [0.5, 0.6) is 5.75 Å². The van der Waals surface area contributed by atoms with Crippen LogP contribution >= 0.6 is 0 Å². The molecular formula is C16H20N2O3. The van der Waals surface area contributed by atoms with Gasteiger partial charge in [0.1, 0.15) is 17.4 Å². The Bertz CT molecular complexity index is 557. The first kappa shape index (κ1) is 15.3. The standard InChI is InChI=1S/C16H20N2O3/c1-3-21-16(8-4-5-9-16)15(19)18-13-6-7-14(20-2)12(10-13)11-17/h6-7,10H,3-5,8-9H2,1-2H3,(H,18,19). The van der Waals surface area contributed by atoms with Crippen molar-refractivity contribution in [2.75, 3.05) is 19.0 Å². The molecule has 1 aromatic rings. The zero-order valence-corrected chi connectivity index (χ0v) is 12.4. The number of hydrogen-bond donors (Lipinski definition) is 1. The van der Waals surface area contributed by atoms with E-state index in [-0.39, 0.29) is 5.91 Å². The number of carbonyl (C=O) groups excluding carboxylic acids is 1. The number of methoxy groups -OCH3 is 1. The first-order valence-electron chi connectivity index (χ1n) is 7.19. The summed E-state index contributed by atoms with van der Waals surface area (Å²) >= 11 is 0. The molecule has 5 nitrogen and oxygen atoms in total. The number of benzene rings is 1. The molecule has 21 heavy (non-hydrogen) atoms. The van der Waals surface area contributed by atoms with Gasteiger partial charge in [0.25, 0.3) is 5.91 Å². The largest absolute Gasteiger partial charge is 0.495 e. The topological polar surface area (TPSA) is 71.3 Å². The number of hydrogen-bond acceptors (Lipinski definition) is 4. The first-order chi connectivity index (χ1) is 10.1. The van der Waals surface area contributed by atoms with E-state index >= 15 is 0 Å². The van der Waals surface area contributed by atoms with Crippen LogP contribution in [0.15, 0.2) is 18.2 Å². The van der Waals surface area contributed by atoms with Crippen LogP contribution in [0.1, 0.15) is 38.2 Å². The van der Waals surface area contributed by atoms with E-state index in [0.717, 1.165) is 25.7 Å². The lowest BCUT2D eigenvalue weighted by atomic mass is 10.0. The molecule has 0 heterocycles. The van der Waals surface area contributed by atoms with Gasteiger partial charge in [0.05, 0.1) is 12.7 Å². The molecule has 0 spiro atoms. The Labute approximate surface area is 124 Å². The number of ether oxygens (including phenoxy) is 2. The van der Waals surface area contributed by atoms with Crippen molar-refractivity contribution in [3.63, 3.8) is 0 Å². The van der Waals surface area contributed by atoms with Gasteiger partial charge in [-0.3, -0.25) is 4.79 Å². The van der Waals surface area contributed by atoms with Crippen LogP contribution in [0.25, 0.3) is 0 Å². The number of carbonyl (C=O) groups is 1. The number of nitrogens with zero attached hydrogens (tertiary/aromatic N) is 1. The van der Waals surface area contributed by atoms with Crippen LogP contribution in [0.3, 0.4) is 0 Å². The molecular weight excluding hydrogens is 268 g/mol. The highest BCUT2D eigenvalue weighted by Crippen LogP contribution is 2.34. The van der Waals surface area contributed by atoms with Crippen LogP contribution in [0, 0.1) is 11.3 Å². The monoisotopic (exact) mass is 288 g/mol. The Balaban J connectivity index is 2.17. The molecule has 0 saturated heterocycles. The molecule has 1 fully saturated rings. The molecule has 112 valence electrons. The molecule has 1 N–H and O–H groups in total. The third-order valence-electron chi connectivity index (χ3n) is 3.82. The number of rotatable bonds is 5. The maximum absolute atomic E-state index is 12.5. The molecule has 0 aromatic heterocycles.